The van der Waals surface area contributed by atoms with Crippen LogP contribution < -0.4 is 0 Å². The number of halogens is 1. The zero-order valence-electron chi connectivity index (χ0n) is 9.16. The van der Waals surface area contributed by atoms with Crippen molar-refractivity contribution in [3.63, 3.8) is 0 Å². The van der Waals surface area contributed by atoms with Crippen molar-refractivity contribution < 1.29 is 0 Å². The normalized spacial score (nSPS) is 10.1. The van der Waals surface area contributed by atoms with Crippen LogP contribution in [0, 0.1) is 25.2 Å². The third kappa shape index (κ3) is 1.70. The van der Waals surface area contributed by atoms with Gasteiger partial charge in [0.15, 0.2) is 0 Å². The molecule has 0 spiro atoms. The smallest absolute Gasteiger partial charge is 0.101 e. The second-order valence-corrected chi connectivity index (χ2v) is 4.14. The highest BCUT2D eigenvalue weighted by Crippen LogP contribution is 2.21. The molecule has 0 aliphatic carbocycles. The molecular formula is C13H11ClN2. The molecule has 0 bridgehead atoms. The molecule has 0 aliphatic rings. The fraction of sp³-hybridized carbons (Fsp3) is 0.154. The second kappa shape index (κ2) is 4.03. The maximum Gasteiger partial charge on any atom is 0.101 e. The summed E-state index contributed by atoms with van der Waals surface area (Å²) in [4.78, 5) is 0. The van der Waals surface area contributed by atoms with Crippen molar-refractivity contribution in [1.29, 1.82) is 5.26 Å². The van der Waals surface area contributed by atoms with Gasteiger partial charge in [0.05, 0.1) is 5.56 Å². The Morgan fingerprint density at radius 2 is 1.81 bits per heavy atom. The van der Waals surface area contributed by atoms with E-state index in [0.717, 1.165) is 17.1 Å². The monoisotopic (exact) mass is 230 g/mol. The van der Waals surface area contributed by atoms with Crippen LogP contribution in [0.5, 0.6) is 0 Å². The number of aromatic nitrogens is 1. The molecule has 0 unspecified atom stereocenters. The maximum absolute atomic E-state index is 8.96. The summed E-state index contributed by atoms with van der Waals surface area (Å²) in [5, 5.41) is 9.68. The molecule has 0 saturated heterocycles. The highest BCUT2D eigenvalue weighted by molar-refractivity contribution is 6.30. The minimum atomic E-state index is 0.715. The molecular weight excluding hydrogens is 220 g/mol. The lowest BCUT2D eigenvalue weighted by Crippen LogP contribution is -1.98. The number of benzene rings is 1. The number of rotatable bonds is 1. The Kier molecular flexibility index (Phi) is 2.72. The van der Waals surface area contributed by atoms with E-state index in [-0.39, 0.29) is 0 Å². The van der Waals surface area contributed by atoms with Crippen molar-refractivity contribution in [2.45, 2.75) is 13.8 Å². The van der Waals surface area contributed by atoms with E-state index in [9.17, 15) is 0 Å². The van der Waals surface area contributed by atoms with Crippen molar-refractivity contribution in [1.82, 2.24) is 4.57 Å². The number of hydrogen-bond acceptors (Lipinski definition) is 1. The van der Waals surface area contributed by atoms with Crippen LogP contribution in [0.15, 0.2) is 30.3 Å². The first-order valence-electron chi connectivity index (χ1n) is 4.98. The first-order chi connectivity index (χ1) is 7.63. The van der Waals surface area contributed by atoms with Gasteiger partial charge in [-0.15, -0.1) is 0 Å². The Hall–Kier alpha value is -1.72. The Labute approximate surface area is 99.7 Å². The molecule has 0 atom stereocenters. The van der Waals surface area contributed by atoms with Gasteiger partial charge in [-0.1, -0.05) is 11.6 Å². The van der Waals surface area contributed by atoms with Gasteiger partial charge in [0, 0.05) is 22.1 Å². The molecule has 1 heterocycles. The summed E-state index contributed by atoms with van der Waals surface area (Å²) in [7, 11) is 0. The molecule has 0 N–H and O–H groups in total. The van der Waals surface area contributed by atoms with Crippen molar-refractivity contribution >= 4 is 11.6 Å². The van der Waals surface area contributed by atoms with Crippen molar-refractivity contribution in [2.75, 3.05) is 0 Å². The van der Waals surface area contributed by atoms with Crippen LogP contribution in [0.25, 0.3) is 5.69 Å². The first kappa shape index (κ1) is 10.8. The van der Waals surface area contributed by atoms with Crippen LogP contribution in [0.4, 0.5) is 0 Å². The lowest BCUT2D eigenvalue weighted by atomic mass is 10.2. The molecule has 16 heavy (non-hydrogen) atoms. The maximum atomic E-state index is 8.96. The molecule has 2 rings (SSSR count). The Balaban J connectivity index is 2.61. The van der Waals surface area contributed by atoms with Gasteiger partial charge in [0.2, 0.25) is 0 Å². The number of aryl methyl sites for hydroxylation is 1. The summed E-state index contributed by atoms with van der Waals surface area (Å²) in [6.07, 6.45) is 0. The molecule has 1 aromatic carbocycles. The lowest BCUT2D eigenvalue weighted by molar-refractivity contribution is 0.964. The van der Waals surface area contributed by atoms with Gasteiger partial charge in [-0.2, -0.15) is 5.26 Å². The zero-order valence-corrected chi connectivity index (χ0v) is 9.92. The summed E-state index contributed by atoms with van der Waals surface area (Å²) in [6.45, 7) is 3.93. The highest BCUT2D eigenvalue weighted by atomic mass is 35.5. The van der Waals surface area contributed by atoms with E-state index in [0.29, 0.717) is 10.6 Å². The Morgan fingerprint density at radius 3 is 2.31 bits per heavy atom. The van der Waals surface area contributed by atoms with Crippen LogP contribution in [0.2, 0.25) is 5.02 Å². The average Bonchev–Trinajstić information content (AvgIpc) is 2.56. The summed E-state index contributed by atoms with van der Waals surface area (Å²) >= 11 is 5.85. The molecule has 0 radical (unpaired) electrons. The third-order valence-electron chi connectivity index (χ3n) is 2.64. The van der Waals surface area contributed by atoms with E-state index in [1.807, 2.05) is 44.2 Å². The van der Waals surface area contributed by atoms with Gasteiger partial charge in [-0.05, 0) is 44.2 Å². The minimum Gasteiger partial charge on any atom is -0.317 e. The largest absolute Gasteiger partial charge is 0.317 e. The van der Waals surface area contributed by atoms with E-state index < -0.39 is 0 Å². The SMILES string of the molecule is Cc1cc(C#N)c(C)n1-c1ccc(Cl)cc1. The van der Waals surface area contributed by atoms with Crippen molar-refractivity contribution in [3.05, 3.63) is 52.3 Å². The summed E-state index contributed by atoms with van der Waals surface area (Å²) in [6, 6.07) is 11.7. The lowest BCUT2D eigenvalue weighted by Gasteiger charge is -2.09. The van der Waals surface area contributed by atoms with E-state index in [2.05, 4.69) is 10.6 Å². The van der Waals surface area contributed by atoms with E-state index in [4.69, 9.17) is 16.9 Å². The third-order valence-corrected chi connectivity index (χ3v) is 2.89. The predicted octanol–water partition coefficient (Wildman–Crippen LogP) is 3.62. The number of nitrogens with zero attached hydrogens (tertiary/aromatic N) is 2. The molecule has 0 fully saturated rings. The summed E-state index contributed by atoms with van der Waals surface area (Å²) in [5.74, 6) is 0. The second-order valence-electron chi connectivity index (χ2n) is 3.71. The standard InChI is InChI=1S/C13H11ClN2/c1-9-7-11(8-15)10(2)16(9)13-5-3-12(14)4-6-13/h3-7H,1-2H3. The summed E-state index contributed by atoms with van der Waals surface area (Å²) < 4.78 is 2.05. The fourth-order valence-electron chi connectivity index (χ4n) is 1.86. The van der Waals surface area contributed by atoms with Gasteiger partial charge in [0.25, 0.3) is 0 Å². The van der Waals surface area contributed by atoms with Crippen LogP contribution in [-0.4, -0.2) is 4.57 Å². The molecule has 1 aromatic heterocycles. The number of nitriles is 1. The Morgan fingerprint density at radius 1 is 1.19 bits per heavy atom. The topological polar surface area (TPSA) is 28.7 Å². The van der Waals surface area contributed by atoms with E-state index in [1.54, 1.807) is 0 Å². The fourth-order valence-corrected chi connectivity index (χ4v) is 1.99. The minimum absolute atomic E-state index is 0.715. The van der Waals surface area contributed by atoms with Gasteiger partial charge in [-0.25, -0.2) is 0 Å². The zero-order chi connectivity index (χ0) is 11.7. The van der Waals surface area contributed by atoms with Crippen LogP contribution in [0.3, 0.4) is 0 Å². The highest BCUT2D eigenvalue weighted by Gasteiger charge is 2.09. The molecule has 0 saturated carbocycles. The van der Waals surface area contributed by atoms with Crippen molar-refractivity contribution in [3.8, 4) is 11.8 Å². The van der Waals surface area contributed by atoms with Gasteiger partial charge < -0.3 is 4.57 Å². The van der Waals surface area contributed by atoms with Gasteiger partial charge in [-0.3, -0.25) is 0 Å². The quantitative estimate of drug-likeness (QED) is 0.736. The molecule has 0 amide bonds. The van der Waals surface area contributed by atoms with Gasteiger partial charge >= 0.3 is 0 Å². The van der Waals surface area contributed by atoms with Crippen LogP contribution in [0.1, 0.15) is 17.0 Å². The predicted molar refractivity (Wildman–Crippen MR) is 65.0 cm³/mol. The summed E-state index contributed by atoms with van der Waals surface area (Å²) in [5.41, 5.74) is 3.76. The van der Waals surface area contributed by atoms with Crippen molar-refractivity contribution in [2.24, 2.45) is 0 Å². The van der Waals surface area contributed by atoms with Crippen LogP contribution >= 0.6 is 11.6 Å². The van der Waals surface area contributed by atoms with Gasteiger partial charge in [0.1, 0.15) is 6.07 Å². The molecule has 80 valence electrons. The van der Waals surface area contributed by atoms with Crippen LogP contribution in [-0.2, 0) is 0 Å². The Bertz CT molecular complexity index is 559. The van der Waals surface area contributed by atoms with E-state index >= 15 is 0 Å². The molecule has 3 heteroatoms. The molecule has 0 aliphatic heterocycles. The van der Waals surface area contributed by atoms with E-state index in [1.165, 1.54) is 0 Å². The average molecular weight is 231 g/mol. The first-order valence-corrected chi connectivity index (χ1v) is 5.36. The number of hydrogen-bond donors (Lipinski definition) is 0. The molecule has 2 aromatic rings. The molecule has 2 nitrogen and oxygen atoms in total.